The summed E-state index contributed by atoms with van der Waals surface area (Å²) in [4.78, 5) is 41.3. The number of fused-ring (bicyclic) bond motifs is 3. The fourth-order valence-electron chi connectivity index (χ4n) is 9.54. The lowest BCUT2D eigenvalue weighted by Crippen LogP contribution is -2.13. The van der Waals surface area contributed by atoms with Crippen LogP contribution in [0.4, 0.5) is 45.0 Å². The number of nitrogen functional groups attached to an aromatic ring is 3. The molecule has 0 amide bonds. The molecule has 3 unspecified atom stereocenters. The van der Waals surface area contributed by atoms with Gasteiger partial charge < -0.3 is 33.2 Å². The van der Waals surface area contributed by atoms with Gasteiger partial charge in [0.1, 0.15) is 65.0 Å². The van der Waals surface area contributed by atoms with Gasteiger partial charge in [0.15, 0.2) is 26.4 Å². The predicted octanol–water partition coefficient (Wildman–Crippen LogP) is 12.6. The number of hydrogen-bond acceptors (Lipinski definition) is 24. The predicted molar refractivity (Wildman–Crippen MR) is 401 cm³/mol. The smallest absolute Gasteiger partial charge is 0.268 e. The molecule has 0 aliphatic heterocycles. The van der Waals surface area contributed by atoms with Gasteiger partial charge >= 0.3 is 0 Å². The highest BCUT2D eigenvalue weighted by molar-refractivity contribution is 7.59. The maximum absolute atomic E-state index is 9.96. The van der Waals surface area contributed by atoms with E-state index in [9.17, 15) is 4.39 Å². The second kappa shape index (κ2) is 37.2. The molecule has 0 aliphatic rings. The molecule has 11 N–H and O–H groups in total. The van der Waals surface area contributed by atoms with Crippen molar-refractivity contribution in [2.45, 2.75) is 58.0 Å². The highest BCUT2D eigenvalue weighted by atomic mass is 35.6. The van der Waals surface area contributed by atoms with Crippen molar-refractivity contribution in [1.29, 1.82) is 0 Å². The van der Waals surface area contributed by atoms with Gasteiger partial charge in [-0.1, -0.05) is 152 Å². The van der Waals surface area contributed by atoms with Crippen molar-refractivity contribution in [3.05, 3.63) is 192 Å². The van der Waals surface area contributed by atoms with Crippen LogP contribution in [0.2, 0.25) is 5.15 Å². The van der Waals surface area contributed by atoms with E-state index in [1.165, 1.54) is 19.0 Å². The molecule has 0 radical (unpaired) electrons. The molecular weight excluding hydrogens is 1410 g/mol. The molecule has 38 heteroatoms. The third-order valence-corrected chi connectivity index (χ3v) is 14.0. The van der Waals surface area contributed by atoms with Crippen LogP contribution in [0, 0.1) is 6.57 Å². The quantitative estimate of drug-likeness (QED) is 0.0370. The monoisotopic (exact) mass is 1480 g/mol. The molecule has 0 saturated heterocycles. The van der Waals surface area contributed by atoms with Crippen molar-refractivity contribution in [3.8, 4) is 56.5 Å². The standard InChI is InChI=1S/C19H16ClN11.C19H17N11.C19H16N8.CHCl3.CH3F.2CH4.3H2S/c1-10(25-18-15(17(21)23-9-24-18)19-26-29-30-27-19)12-7-14-22-8-13(20)31(14)28-16(12)11-5-3-2-4-6-11;1-11(24-18-15(17(20)22-10-23-18)19-25-28-29-26-19)13-9-14-21-7-8-30(14)27-16(13)12-5-3-2-4-6-12;1-12(25-19-17(21-2)18(20)23-11-24-19)14-10-15-22-8-9-27(15)26-16(14)13-6-4-3-5-7-13;2-1(3)4;1-2;;;;;/h2-10H,1H3,(H3,21,23,24,25)(H,26,27,29,30);2-11H,1H3,(H3,20,22,23,24)(H,25,26,28,29);3-12H,1H3,(H3,20,23,24,25);1H;1H3;2*1H4;3*1H2/i;;;;1D;;;;;. The molecule has 11 heterocycles. The van der Waals surface area contributed by atoms with E-state index in [1.54, 1.807) is 32.1 Å². The summed E-state index contributed by atoms with van der Waals surface area (Å²) >= 11 is 20.7. The zero-order valence-corrected chi connectivity index (χ0v) is 57.0. The molecule has 0 spiro atoms. The Labute approximate surface area is 608 Å². The van der Waals surface area contributed by atoms with Crippen molar-refractivity contribution >= 4 is 144 Å². The molecule has 0 saturated carbocycles. The van der Waals surface area contributed by atoms with Crippen LogP contribution in [-0.4, -0.2) is 126 Å². The number of hydrogen-bond donors (Lipinski definition) is 8. The highest BCUT2D eigenvalue weighted by Gasteiger charge is 2.25. The minimum absolute atomic E-state index is 0. The Bertz CT molecular complexity index is 4870. The number of H-pyrrole nitrogens is 2. The molecule has 0 fully saturated rings. The van der Waals surface area contributed by atoms with Crippen LogP contribution in [0.25, 0.3) is 78.3 Å². The van der Waals surface area contributed by atoms with Gasteiger partial charge in [-0.2, -0.15) is 66.2 Å². The summed E-state index contributed by atoms with van der Waals surface area (Å²) in [6.45, 7) is 13.3. The molecule has 3 atom stereocenters. The SMILES string of the molecule is C.C.CC(Nc1ncnc(N)c1-c1nn[nH]n1)c1cc2ncc(Cl)n2nc1-c1ccccc1.CC(Nc1ncnc(N)c1-c1nn[nH]n1)c1cc2nccn2nc1-c1ccccc1.ClC(Cl)Cl.S.S.S.[2H]CF.[C-]#[N+]c1c(N)ncnc1NC(C)c1cc2nccn2nc1-c1ccccc1. The molecule has 3 aromatic carbocycles. The number of anilines is 6. The number of imidazole rings is 3. The van der Waals surface area contributed by atoms with Crippen LogP contribution in [0.3, 0.4) is 0 Å². The van der Waals surface area contributed by atoms with Gasteiger partial charge in [-0.15, -0.1) is 20.4 Å². The zero-order chi connectivity index (χ0) is 67.0. The van der Waals surface area contributed by atoms with E-state index in [0.29, 0.717) is 51.0 Å². The summed E-state index contributed by atoms with van der Waals surface area (Å²) in [5, 5.41) is 52.8. The molecule has 0 bridgehead atoms. The second-order valence-corrected chi connectivity index (χ2v) is 22.0. The fraction of sp³-hybridized carbons (Fsp3) is 0.164. The normalized spacial score (nSPS) is 11.3. The van der Waals surface area contributed by atoms with Crippen LogP contribution in [0.1, 0.15) is 71.8 Å². The maximum Gasteiger partial charge on any atom is 0.268 e. The summed E-state index contributed by atoms with van der Waals surface area (Å²) in [7, 11) is -1.00. The van der Waals surface area contributed by atoms with Crippen LogP contribution >= 0.6 is 86.9 Å². The summed E-state index contributed by atoms with van der Waals surface area (Å²) in [6, 6.07) is 35.1. The van der Waals surface area contributed by atoms with Crippen molar-refractivity contribution in [1.82, 2.24) is 115 Å². The van der Waals surface area contributed by atoms with Crippen molar-refractivity contribution < 1.29 is 5.76 Å². The summed E-state index contributed by atoms with van der Waals surface area (Å²) < 4.78 is 19.9. The number of aromatic amines is 2. The van der Waals surface area contributed by atoms with Gasteiger partial charge in [0.2, 0.25) is 11.6 Å². The number of tetrazole rings is 2. The minimum atomic E-state index is -1.00. The minimum Gasteiger partial charge on any atom is -0.392 e. The van der Waals surface area contributed by atoms with Crippen molar-refractivity contribution in [3.63, 3.8) is 0 Å². The Morgan fingerprint density at radius 2 is 0.899 bits per heavy atom. The van der Waals surface area contributed by atoms with Gasteiger partial charge in [-0.05, 0) is 49.4 Å². The third-order valence-electron chi connectivity index (χ3n) is 13.8. The Hall–Kier alpha value is -10.7. The molecule has 99 heavy (non-hydrogen) atoms. The van der Waals surface area contributed by atoms with E-state index < -0.39 is 11.4 Å². The number of alkyl halides is 4. The Balaban J connectivity index is 0.000000252. The van der Waals surface area contributed by atoms with Gasteiger partial charge in [0.05, 0.1) is 56.5 Å². The molecule has 11 aromatic heterocycles. The first kappa shape index (κ1) is 77.3. The van der Waals surface area contributed by atoms with Crippen LogP contribution in [0.5, 0.6) is 0 Å². The Morgan fingerprint density at radius 3 is 1.28 bits per heavy atom. The molecule has 0 aliphatic carbocycles. The first-order valence-corrected chi connectivity index (χ1v) is 29.5. The number of nitrogens with one attached hydrogen (secondary N) is 5. The number of nitrogens with two attached hydrogens (primary N) is 3. The zero-order valence-electron chi connectivity index (χ0n) is 52.0. The second-order valence-electron chi connectivity index (χ2n) is 19.6. The van der Waals surface area contributed by atoms with Gasteiger partial charge in [0, 0.05) is 58.2 Å². The van der Waals surface area contributed by atoms with E-state index in [1.807, 2.05) is 142 Å². The number of halogens is 5. The van der Waals surface area contributed by atoms with Crippen LogP contribution < -0.4 is 33.2 Å². The van der Waals surface area contributed by atoms with Crippen molar-refractivity contribution in [2.24, 2.45) is 0 Å². The van der Waals surface area contributed by atoms with Gasteiger partial charge in [-0.3, -0.25) is 4.39 Å². The van der Waals surface area contributed by atoms with Crippen LogP contribution in [0.15, 0.2) is 159 Å². The van der Waals surface area contributed by atoms with E-state index in [4.69, 9.17) is 86.8 Å². The third kappa shape index (κ3) is 18.7. The van der Waals surface area contributed by atoms with Crippen LogP contribution in [-0.2, 0) is 0 Å². The maximum atomic E-state index is 9.96. The highest BCUT2D eigenvalue weighted by Crippen LogP contribution is 2.37. The fourth-order valence-corrected chi connectivity index (χ4v) is 9.71. The summed E-state index contributed by atoms with van der Waals surface area (Å²) in [6.07, 6.45) is 12.7. The van der Waals surface area contributed by atoms with E-state index in [-0.39, 0.29) is 96.6 Å². The lowest BCUT2D eigenvalue weighted by atomic mass is 10.0. The Morgan fingerprint density at radius 1 is 0.535 bits per heavy atom. The lowest BCUT2D eigenvalue weighted by molar-refractivity contribution is 0.636. The largest absolute Gasteiger partial charge is 0.392 e. The molecular formula is C61H67Cl4FN30S3. The lowest BCUT2D eigenvalue weighted by Gasteiger charge is -2.20. The molecule has 30 nitrogen and oxygen atoms in total. The average molecular weight is 1480 g/mol. The summed E-state index contributed by atoms with van der Waals surface area (Å²) in [5.41, 5.74) is 29.4. The first-order valence-electron chi connectivity index (χ1n) is 28.5. The topological polar surface area (TPSA) is 395 Å². The first-order chi connectivity index (χ1) is 46.1. The number of benzene rings is 3. The van der Waals surface area contributed by atoms with Gasteiger partial charge in [-0.25, -0.2) is 63.2 Å². The Kier molecular flexibility index (Phi) is 29.0. The molecule has 14 rings (SSSR count). The number of rotatable bonds is 14. The van der Waals surface area contributed by atoms with E-state index in [2.05, 4.69) is 107 Å². The molecule has 14 aromatic rings. The average Bonchev–Trinajstić information content (AvgIpc) is 1.46. The van der Waals surface area contributed by atoms with Crippen molar-refractivity contribution in [2.75, 3.05) is 40.3 Å². The van der Waals surface area contributed by atoms with Gasteiger partial charge in [0.25, 0.3) is 5.69 Å². The number of nitrogens with zero attached hydrogens (tertiary/aromatic N) is 22. The summed E-state index contributed by atoms with van der Waals surface area (Å²) in [5.74, 6) is 2.62. The molecule has 514 valence electrons. The van der Waals surface area contributed by atoms with E-state index in [0.717, 1.165) is 61.8 Å². The van der Waals surface area contributed by atoms with E-state index >= 15 is 0 Å². The number of aromatic nitrogens is 23.